The van der Waals surface area contributed by atoms with Crippen LogP contribution in [-0.2, 0) is 28.6 Å². The number of ether oxygens (including phenoxy) is 3. The first kappa shape index (κ1) is 24.9. The van der Waals surface area contributed by atoms with Gasteiger partial charge in [0, 0.05) is 18.4 Å². The zero-order valence-electron chi connectivity index (χ0n) is 11.8. The molecule has 2 rings (SSSR count). The van der Waals surface area contributed by atoms with Crippen molar-refractivity contribution in [3.8, 4) is 0 Å². The minimum absolute atomic E-state index is 0. The van der Waals surface area contributed by atoms with Crippen LogP contribution in [0.1, 0.15) is 33.6 Å². The van der Waals surface area contributed by atoms with E-state index in [9.17, 15) is 19.5 Å². The molecule has 116 valence electrons. The number of cyclic esters (lactones) is 2. The molecular weight excluding hydrogens is 291 g/mol. The topological polar surface area (TPSA) is 102 Å². The van der Waals surface area contributed by atoms with Gasteiger partial charge in [-0.05, 0) is 13.3 Å². The van der Waals surface area contributed by atoms with Gasteiger partial charge in [0.2, 0.25) is 0 Å². The van der Waals surface area contributed by atoms with E-state index in [0.717, 1.165) is 6.42 Å². The van der Waals surface area contributed by atoms with Gasteiger partial charge in [-0.3, -0.25) is 9.59 Å². The molecule has 2 aliphatic rings. The molecule has 0 radical (unpaired) electrons. The van der Waals surface area contributed by atoms with Crippen LogP contribution >= 0.6 is 0 Å². The molecule has 0 bridgehead atoms. The molecule has 0 saturated carbocycles. The number of hydrogen-bond acceptors (Lipinski definition) is 7. The fourth-order valence-corrected chi connectivity index (χ4v) is 1.10. The second-order valence-electron chi connectivity index (χ2n) is 3.40. The maximum Gasteiger partial charge on any atom is 1.00 e. The van der Waals surface area contributed by atoms with E-state index in [1.807, 2.05) is 0 Å². The second-order valence-corrected chi connectivity index (χ2v) is 3.40. The standard InChI is InChI=1S/C5H6O3.C4H6O2.C3H6O2.CH4.Na/c6-3-4-1-2-8-5(4)7;5-4-2-1-3-6-4;1-2-5-3-4;;/h3,6H,1-2H2;1-3H2;3H,2H2,1H3;1H4;/q;;;;+1/p-1/b4-3+;;;;. The number of rotatable bonds is 2. The van der Waals surface area contributed by atoms with Crippen molar-refractivity contribution in [2.75, 3.05) is 19.8 Å². The van der Waals surface area contributed by atoms with Crippen molar-refractivity contribution < 1.29 is 63.3 Å². The quantitative estimate of drug-likeness (QED) is 0.137. The van der Waals surface area contributed by atoms with Crippen LogP contribution in [0.4, 0.5) is 0 Å². The second kappa shape index (κ2) is 17.0. The zero-order chi connectivity index (χ0) is 14.5. The molecule has 2 heterocycles. The molecule has 0 aromatic carbocycles. The van der Waals surface area contributed by atoms with Gasteiger partial charge in [-0.1, -0.05) is 7.43 Å². The first-order valence-electron chi connectivity index (χ1n) is 5.84. The summed E-state index contributed by atoms with van der Waals surface area (Å²) in [4.78, 5) is 29.5. The zero-order valence-corrected chi connectivity index (χ0v) is 13.8. The molecule has 0 atom stereocenters. The van der Waals surface area contributed by atoms with Gasteiger partial charge in [-0.2, -0.15) is 0 Å². The van der Waals surface area contributed by atoms with E-state index in [1.165, 1.54) is 0 Å². The van der Waals surface area contributed by atoms with Crippen LogP contribution in [0, 0.1) is 0 Å². The summed E-state index contributed by atoms with van der Waals surface area (Å²) in [6.45, 7) is 3.67. The van der Waals surface area contributed by atoms with Crippen LogP contribution in [0.5, 0.6) is 0 Å². The van der Waals surface area contributed by atoms with Gasteiger partial charge in [-0.15, -0.1) is 6.26 Å². The molecule has 2 aliphatic heterocycles. The van der Waals surface area contributed by atoms with Crippen molar-refractivity contribution in [3.05, 3.63) is 11.8 Å². The number of carbonyl (C=O) groups is 3. The predicted molar refractivity (Wildman–Crippen MR) is 68.3 cm³/mol. The Balaban J connectivity index is -0.000000228. The first-order valence-corrected chi connectivity index (χ1v) is 5.84. The molecule has 0 aliphatic carbocycles. The molecule has 2 fully saturated rings. The van der Waals surface area contributed by atoms with E-state index in [-0.39, 0.29) is 48.5 Å². The van der Waals surface area contributed by atoms with Gasteiger partial charge in [0.1, 0.15) is 0 Å². The Hall–Kier alpha value is -1.05. The molecular formula is C13H21NaO7. The minimum Gasteiger partial charge on any atom is -0.878 e. The van der Waals surface area contributed by atoms with Crippen molar-refractivity contribution >= 4 is 18.4 Å². The predicted octanol–water partition coefficient (Wildman–Crippen LogP) is -2.68. The monoisotopic (exact) mass is 312 g/mol. The summed E-state index contributed by atoms with van der Waals surface area (Å²) < 4.78 is 13.1. The molecule has 0 aromatic heterocycles. The summed E-state index contributed by atoms with van der Waals surface area (Å²) in [5.74, 6) is -0.505. The van der Waals surface area contributed by atoms with Gasteiger partial charge in [0.25, 0.3) is 6.47 Å². The van der Waals surface area contributed by atoms with E-state index in [2.05, 4.69) is 14.2 Å². The third-order valence-corrected chi connectivity index (χ3v) is 2.03. The van der Waals surface area contributed by atoms with E-state index in [1.54, 1.807) is 6.92 Å². The van der Waals surface area contributed by atoms with Crippen LogP contribution in [0.25, 0.3) is 0 Å². The van der Waals surface area contributed by atoms with Gasteiger partial charge >= 0.3 is 41.5 Å². The van der Waals surface area contributed by atoms with Crippen molar-refractivity contribution in [2.24, 2.45) is 0 Å². The Bertz CT molecular complexity index is 320. The normalized spacial score (nSPS) is 16.7. The molecule has 0 spiro atoms. The minimum atomic E-state index is -0.458. The molecule has 21 heavy (non-hydrogen) atoms. The van der Waals surface area contributed by atoms with Gasteiger partial charge in [0.05, 0.1) is 19.8 Å². The number of carbonyl (C=O) groups excluding carboxylic acids is 3. The van der Waals surface area contributed by atoms with E-state index in [4.69, 9.17) is 0 Å². The Kier molecular flexibility index (Phi) is 20.2. The van der Waals surface area contributed by atoms with Gasteiger partial charge < -0.3 is 19.3 Å². The molecule has 0 N–H and O–H groups in total. The average molecular weight is 312 g/mol. The Morgan fingerprint density at radius 2 is 1.90 bits per heavy atom. The van der Waals surface area contributed by atoms with Crippen LogP contribution in [0.2, 0.25) is 0 Å². The Morgan fingerprint density at radius 1 is 1.24 bits per heavy atom. The fourth-order valence-electron chi connectivity index (χ4n) is 1.10. The SMILES string of the molecule is C.CCOC=O.O=C1CCCO1.O=C1OCC/C1=C\[O-].[Na+]. The summed E-state index contributed by atoms with van der Waals surface area (Å²) in [5.41, 5.74) is 0.255. The summed E-state index contributed by atoms with van der Waals surface area (Å²) in [5, 5.41) is 9.88. The Morgan fingerprint density at radius 3 is 2.05 bits per heavy atom. The molecule has 0 unspecified atom stereocenters. The van der Waals surface area contributed by atoms with Crippen LogP contribution in [0.15, 0.2) is 11.8 Å². The fraction of sp³-hybridized carbons (Fsp3) is 0.615. The van der Waals surface area contributed by atoms with E-state index in [0.29, 0.717) is 45.4 Å². The maximum absolute atomic E-state index is 10.3. The van der Waals surface area contributed by atoms with Crippen LogP contribution < -0.4 is 34.7 Å². The first-order chi connectivity index (χ1) is 9.15. The molecule has 2 saturated heterocycles. The van der Waals surface area contributed by atoms with E-state index >= 15 is 0 Å². The summed E-state index contributed by atoms with van der Waals surface area (Å²) in [7, 11) is 0. The van der Waals surface area contributed by atoms with Gasteiger partial charge in [-0.25, -0.2) is 4.79 Å². The molecule has 7 nitrogen and oxygen atoms in total. The molecule has 0 aromatic rings. The number of hydrogen-bond donors (Lipinski definition) is 0. The van der Waals surface area contributed by atoms with Crippen molar-refractivity contribution in [1.82, 2.24) is 0 Å². The van der Waals surface area contributed by atoms with Crippen molar-refractivity contribution in [2.45, 2.75) is 33.6 Å². The van der Waals surface area contributed by atoms with Gasteiger partial charge in [0.15, 0.2) is 0 Å². The Labute approximate surface area is 146 Å². The summed E-state index contributed by atoms with van der Waals surface area (Å²) >= 11 is 0. The van der Waals surface area contributed by atoms with Crippen LogP contribution in [-0.4, -0.2) is 38.2 Å². The summed E-state index contributed by atoms with van der Waals surface area (Å²) in [6, 6.07) is 0. The third kappa shape index (κ3) is 13.7. The summed E-state index contributed by atoms with van der Waals surface area (Å²) in [6.07, 6.45) is 2.57. The molecule has 0 amide bonds. The smallest absolute Gasteiger partial charge is 0.878 e. The third-order valence-electron chi connectivity index (χ3n) is 2.03. The largest absolute Gasteiger partial charge is 1.00 e. The van der Waals surface area contributed by atoms with Crippen molar-refractivity contribution in [3.63, 3.8) is 0 Å². The maximum atomic E-state index is 10.3. The van der Waals surface area contributed by atoms with Crippen molar-refractivity contribution in [1.29, 1.82) is 0 Å². The molecule has 8 heteroatoms. The van der Waals surface area contributed by atoms with E-state index < -0.39 is 5.97 Å². The van der Waals surface area contributed by atoms with Crippen LogP contribution in [0.3, 0.4) is 0 Å². The number of esters is 2. The average Bonchev–Trinajstić information content (AvgIpc) is 3.03.